The van der Waals surface area contributed by atoms with Gasteiger partial charge in [-0.05, 0) is 49.5 Å². The van der Waals surface area contributed by atoms with Crippen LogP contribution in [0.2, 0.25) is 0 Å². The lowest BCUT2D eigenvalue weighted by Crippen LogP contribution is -2.20. The van der Waals surface area contributed by atoms with Gasteiger partial charge in [-0.25, -0.2) is 0 Å². The van der Waals surface area contributed by atoms with Gasteiger partial charge in [-0.2, -0.15) is 0 Å². The van der Waals surface area contributed by atoms with Crippen LogP contribution in [0, 0.1) is 0 Å². The van der Waals surface area contributed by atoms with Gasteiger partial charge in [0, 0.05) is 5.41 Å². The van der Waals surface area contributed by atoms with Crippen LogP contribution >= 0.6 is 0 Å². The molecule has 0 N–H and O–H groups in total. The first-order chi connectivity index (χ1) is 14.8. The Morgan fingerprint density at radius 2 is 1.77 bits per heavy atom. The molecule has 1 aromatic carbocycles. The Balaban J connectivity index is 1.82. The van der Waals surface area contributed by atoms with Gasteiger partial charge in [0.1, 0.15) is 31.2 Å². The summed E-state index contributed by atoms with van der Waals surface area (Å²) in [6.45, 7) is 19.4. The standard InChI is InChI=1S/C27H36O4/c1-7-9-21(20(4)28-15-24-16-29-24)13-19(3)27(5,6)23-11-12-26(22(14-23)10-8-2)31-18-25-17-30-25/h7-8,11-14,24-25H,1-2,9-10,15-18H2,3-6H3/b19-13+,21-20+. The molecule has 3 rings (SSSR count). The number of rotatable bonds is 13. The van der Waals surface area contributed by atoms with Crippen molar-refractivity contribution in [3.63, 3.8) is 0 Å². The molecule has 4 nitrogen and oxygen atoms in total. The Hall–Kier alpha value is -2.30. The van der Waals surface area contributed by atoms with Crippen molar-refractivity contribution in [3.8, 4) is 5.75 Å². The molecule has 0 aromatic heterocycles. The van der Waals surface area contributed by atoms with E-state index in [2.05, 4.69) is 58.2 Å². The summed E-state index contributed by atoms with van der Waals surface area (Å²) in [6, 6.07) is 6.49. The number of epoxide rings is 2. The Morgan fingerprint density at radius 1 is 1.10 bits per heavy atom. The maximum absolute atomic E-state index is 5.99. The number of hydrogen-bond acceptors (Lipinski definition) is 4. The molecule has 2 aliphatic heterocycles. The summed E-state index contributed by atoms with van der Waals surface area (Å²) >= 11 is 0. The third kappa shape index (κ3) is 6.59. The molecule has 168 valence electrons. The van der Waals surface area contributed by atoms with Crippen molar-refractivity contribution >= 4 is 0 Å². The van der Waals surface area contributed by atoms with Gasteiger partial charge in [0.15, 0.2) is 0 Å². The summed E-state index contributed by atoms with van der Waals surface area (Å²) in [5.41, 5.74) is 4.66. The number of ether oxygens (including phenoxy) is 4. The van der Waals surface area contributed by atoms with E-state index in [-0.39, 0.29) is 17.6 Å². The first-order valence-electron chi connectivity index (χ1n) is 11.1. The molecule has 2 saturated heterocycles. The summed E-state index contributed by atoms with van der Waals surface area (Å²) in [4.78, 5) is 0. The third-order valence-electron chi connectivity index (χ3n) is 6.05. The van der Waals surface area contributed by atoms with Gasteiger partial charge in [-0.1, -0.05) is 49.8 Å². The highest BCUT2D eigenvalue weighted by Gasteiger charge is 2.27. The molecule has 2 fully saturated rings. The van der Waals surface area contributed by atoms with Gasteiger partial charge < -0.3 is 18.9 Å². The van der Waals surface area contributed by atoms with Crippen LogP contribution in [-0.2, 0) is 26.0 Å². The Kier molecular flexibility index (Phi) is 7.79. The van der Waals surface area contributed by atoms with Gasteiger partial charge in [-0.15, -0.1) is 13.2 Å². The van der Waals surface area contributed by atoms with E-state index < -0.39 is 0 Å². The minimum atomic E-state index is -0.152. The highest BCUT2D eigenvalue weighted by Crippen LogP contribution is 2.35. The van der Waals surface area contributed by atoms with Crippen LogP contribution in [-0.4, -0.2) is 38.6 Å². The minimum absolute atomic E-state index is 0.152. The summed E-state index contributed by atoms with van der Waals surface area (Å²) in [5.74, 6) is 1.85. The molecule has 2 heterocycles. The summed E-state index contributed by atoms with van der Waals surface area (Å²) < 4.78 is 22.5. The topological polar surface area (TPSA) is 43.5 Å². The number of benzene rings is 1. The zero-order valence-electron chi connectivity index (χ0n) is 19.4. The number of allylic oxidation sites excluding steroid dienone is 6. The van der Waals surface area contributed by atoms with Crippen molar-refractivity contribution in [3.05, 3.63) is 77.6 Å². The maximum atomic E-state index is 5.99. The molecule has 31 heavy (non-hydrogen) atoms. The van der Waals surface area contributed by atoms with Crippen LogP contribution in [0.3, 0.4) is 0 Å². The average Bonchev–Trinajstić information content (AvgIpc) is 3.65. The SMILES string of the molecule is C=CCC(/C=C(\C)C(C)(C)c1ccc(OCC2CO2)c(CC=C)c1)=C(/C)OCC1CO1. The van der Waals surface area contributed by atoms with Gasteiger partial charge in [0.05, 0.1) is 19.0 Å². The lowest BCUT2D eigenvalue weighted by Gasteiger charge is -2.28. The molecule has 2 aliphatic rings. The van der Waals surface area contributed by atoms with Gasteiger partial charge in [0.2, 0.25) is 0 Å². The summed E-state index contributed by atoms with van der Waals surface area (Å²) in [7, 11) is 0. The second-order valence-corrected chi connectivity index (χ2v) is 8.87. The molecule has 2 atom stereocenters. The van der Waals surface area contributed by atoms with Crippen LogP contribution in [0.4, 0.5) is 0 Å². The second-order valence-electron chi connectivity index (χ2n) is 8.87. The quantitative estimate of drug-likeness (QED) is 0.177. The fraction of sp³-hybridized carbons (Fsp3) is 0.481. The maximum Gasteiger partial charge on any atom is 0.122 e. The van der Waals surface area contributed by atoms with Gasteiger partial charge in [-0.3, -0.25) is 0 Å². The predicted molar refractivity (Wildman–Crippen MR) is 126 cm³/mol. The van der Waals surface area contributed by atoms with E-state index in [1.165, 1.54) is 11.1 Å². The monoisotopic (exact) mass is 424 g/mol. The summed E-state index contributed by atoms with van der Waals surface area (Å²) in [6.07, 6.45) is 8.11. The van der Waals surface area contributed by atoms with Crippen molar-refractivity contribution in [2.24, 2.45) is 0 Å². The molecule has 0 amide bonds. The zero-order valence-corrected chi connectivity index (χ0v) is 19.4. The molecule has 0 saturated carbocycles. The van der Waals surface area contributed by atoms with Gasteiger partial charge in [0.25, 0.3) is 0 Å². The highest BCUT2D eigenvalue weighted by molar-refractivity contribution is 5.45. The van der Waals surface area contributed by atoms with Crippen molar-refractivity contribution < 1.29 is 18.9 Å². The van der Waals surface area contributed by atoms with Crippen LogP contribution in [0.5, 0.6) is 5.75 Å². The Bertz CT molecular complexity index is 854. The first-order valence-corrected chi connectivity index (χ1v) is 11.1. The Morgan fingerprint density at radius 3 is 2.39 bits per heavy atom. The lowest BCUT2D eigenvalue weighted by atomic mass is 9.76. The zero-order chi connectivity index (χ0) is 22.4. The molecular weight excluding hydrogens is 388 g/mol. The number of hydrogen-bond donors (Lipinski definition) is 0. The van der Waals surface area contributed by atoms with E-state index in [1.807, 2.05) is 19.1 Å². The van der Waals surface area contributed by atoms with Crippen LogP contribution in [0.25, 0.3) is 0 Å². The van der Waals surface area contributed by atoms with E-state index in [0.29, 0.717) is 13.2 Å². The lowest BCUT2D eigenvalue weighted by molar-refractivity contribution is 0.182. The molecule has 0 radical (unpaired) electrons. The van der Waals surface area contributed by atoms with E-state index in [0.717, 1.165) is 48.7 Å². The third-order valence-corrected chi connectivity index (χ3v) is 6.05. The smallest absolute Gasteiger partial charge is 0.122 e. The fourth-order valence-electron chi connectivity index (χ4n) is 3.38. The minimum Gasteiger partial charge on any atom is -0.495 e. The van der Waals surface area contributed by atoms with E-state index in [9.17, 15) is 0 Å². The highest BCUT2D eigenvalue weighted by atomic mass is 16.6. The first kappa shape index (κ1) is 23.4. The molecule has 0 aliphatic carbocycles. The summed E-state index contributed by atoms with van der Waals surface area (Å²) in [5, 5.41) is 0. The molecule has 4 heteroatoms. The molecule has 0 bridgehead atoms. The Labute approximate surface area is 187 Å². The van der Waals surface area contributed by atoms with Crippen molar-refractivity contribution in [2.75, 3.05) is 26.4 Å². The molecular formula is C27H36O4. The van der Waals surface area contributed by atoms with E-state index in [1.54, 1.807) is 0 Å². The molecule has 1 aromatic rings. The van der Waals surface area contributed by atoms with E-state index in [4.69, 9.17) is 18.9 Å². The average molecular weight is 425 g/mol. The normalized spacial score (nSPS) is 21.2. The largest absolute Gasteiger partial charge is 0.495 e. The van der Waals surface area contributed by atoms with Crippen molar-refractivity contribution in [2.45, 2.75) is 58.2 Å². The van der Waals surface area contributed by atoms with Gasteiger partial charge >= 0.3 is 0 Å². The molecule has 0 spiro atoms. The molecule has 2 unspecified atom stereocenters. The van der Waals surface area contributed by atoms with Crippen LogP contribution < -0.4 is 4.74 Å². The van der Waals surface area contributed by atoms with Crippen LogP contribution in [0.1, 0.15) is 45.2 Å². The van der Waals surface area contributed by atoms with Crippen LogP contribution in [0.15, 0.2) is 66.5 Å². The van der Waals surface area contributed by atoms with Crippen molar-refractivity contribution in [1.82, 2.24) is 0 Å². The van der Waals surface area contributed by atoms with E-state index >= 15 is 0 Å². The second kappa shape index (κ2) is 10.3. The fourth-order valence-corrected chi connectivity index (χ4v) is 3.38. The predicted octanol–water partition coefficient (Wildman–Crippen LogP) is 5.68. The van der Waals surface area contributed by atoms with Crippen molar-refractivity contribution in [1.29, 1.82) is 0 Å².